The van der Waals surface area contributed by atoms with Crippen LogP contribution in [0.25, 0.3) is 32.9 Å². The van der Waals surface area contributed by atoms with Crippen LogP contribution in [-0.2, 0) is 4.74 Å². The van der Waals surface area contributed by atoms with E-state index < -0.39 is 18.4 Å². The Bertz CT molecular complexity index is 1960. The first-order valence-electron chi connectivity index (χ1n) is 17.9. The van der Waals surface area contributed by atoms with Crippen LogP contribution in [0.2, 0.25) is 5.02 Å². The van der Waals surface area contributed by atoms with Gasteiger partial charge in [-0.05, 0) is 77.6 Å². The van der Waals surface area contributed by atoms with Gasteiger partial charge in [0.1, 0.15) is 23.0 Å². The van der Waals surface area contributed by atoms with Crippen LogP contribution in [0, 0.1) is 12.3 Å². The van der Waals surface area contributed by atoms with Crippen LogP contribution in [0.15, 0.2) is 24.4 Å². The van der Waals surface area contributed by atoms with E-state index in [2.05, 4.69) is 26.9 Å². The van der Waals surface area contributed by atoms with Crippen LogP contribution in [0.3, 0.4) is 0 Å². The third kappa shape index (κ3) is 7.41. The highest BCUT2D eigenvalue weighted by Gasteiger charge is 2.48. The largest absolute Gasteiger partial charge is 0.481 e. The number of benzene rings is 2. The Morgan fingerprint density at radius 1 is 1.04 bits per heavy atom. The summed E-state index contributed by atoms with van der Waals surface area (Å²) in [4.78, 5) is 28.6. The van der Waals surface area contributed by atoms with Crippen molar-refractivity contribution in [3.8, 4) is 22.9 Å². The first-order valence-corrected chi connectivity index (χ1v) is 18.3. The number of ether oxygens (including phenoxy) is 3. The molecule has 52 heavy (non-hydrogen) atoms. The molecule has 4 aromatic rings. The van der Waals surface area contributed by atoms with Gasteiger partial charge in [0.25, 0.3) is 0 Å². The molecule has 0 saturated carbocycles. The highest BCUT2D eigenvalue weighted by atomic mass is 35.5. The van der Waals surface area contributed by atoms with Gasteiger partial charge in [0.15, 0.2) is 12.4 Å². The number of H-pyrrole nitrogens is 1. The third-order valence-corrected chi connectivity index (χ3v) is 10.7. The number of carbonyl (C=O) groups excluding carboxylic acids is 1. The fraction of sp³-hybridized carbons (Fsp3) is 0.568. The molecular formula is C37H45ClF3N7O4. The zero-order valence-corrected chi connectivity index (χ0v) is 31.0. The molecule has 3 aliphatic rings. The summed E-state index contributed by atoms with van der Waals surface area (Å²) >= 11 is 7.08. The number of alkyl halides is 3. The molecule has 1 spiro atoms. The second-order valence-corrected chi connectivity index (χ2v) is 15.8. The molecule has 2 aromatic heterocycles. The first kappa shape index (κ1) is 36.3. The van der Waals surface area contributed by atoms with Crippen molar-refractivity contribution >= 4 is 45.3 Å². The monoisotopic (exact) mass is 743 g/mol. The average molecular weight is 744 g/mol. The van der Waals surface area contributed by atoms with E-state index >= 15 is 0 Å². The number of fused-ring (bicyclic) bond motifs is 2. The molecule has 1 amide bonds. The van der Waals surface area contributed by atoms with Crippen molar-refractivity contribution < 1.29 is 32.2 Å². The number of aromatic amines is 1. The van der Waals surface area contributed by atoms with Crippen LogP contribution in [0.5, 0.6) is 11.8 Å². The van der Waals surface area contributed by atoms with E-state index in [1.54, 1.807) is 17.2 Å². The highest BCUT2D eigenvalue weighted by molar-refractivity contribution is 6.35. The summed E-state index contributed by atoms with van der Waals surface area (Å²) in [6.45, 7) is 13.1. The molecule has 0 bridgehead atoms. The fourth-order valence-electron chi connectivity index (χ4n) is 7.67. The molecule has 2 aromatic carbocycles. The number of piperidine rings is 2. The maximum atomic E-state index is 13.9. The number of anilines is 1. The smallest absolute Gasteiger partial charge is 0.422 e. The van der Waals surface area contributed by atoms with Crippen LogP contribution in [0.4, 0.5) is 23.8 Å². The third-order valence-electron chi connectivity index (χ3n) is 10.4. The van der Waals surface area contributed by atoms with E-state index in [1.165, 1.54) is 0 Å². The quantitative estimate of drug-likeness (QED) is 0.203. The molecule has 0 radical (unpaired) electrons. The Kier molecular flexibility index (Phi) is 9.60. The van der Waals surface area contributed by atoms with Gasteiger partial charge in [-0.15, -0.1) is 0 Å². The molecular weight excluding hydrogens is 699 g/mol. The molecule has 0 aliphatic carbocycles. The van der Waals surface area contributed by atoms with E-state index in [-0.39, 0.29) is 39.9 Å². The average Bonchev–Trinajstić information content (AvgIpc) is 3.55. The van der Waals surface area contributed by atoms with Crippen molar-refractivity contribution in [1.82, 2.24) is 30.0 Å². The molecule has 0 atom stereocenters. The number of halogens is 4. The molecule has 3 fully saturated rings. The molecule has 0 unspecified atom stereocenters. The van der Waals surface area contributed by atoms with Gasteiger partial charge < -0.3 is 28.9 Å². The summed E-state index contributed by atoms with van der Waals surface area (Å²) in [6.07, 6.45) is -0.342. The predicted octanol–water partition coefficient (Wildman–Crippen LogP) is 7.78. The number of likely N-dealkylation sites (tertiary alicyclic amines) is 2. The summed E-state index contributed by atoms with van der Waals surface area (Å²) in [6, 6.07) is 5.53. The molecule has 7 rings (SSSR count). The van der Waals surface area contributed by atoms with Gasteiger partial charge in [-0.1, -0.05) is 24.6 Å². The number of aromatic nitrogens is 4. The summed E-state index contributed by atoms with van der Waals surface area (Å²) < 4.78 is 59.3. The number of aryl methyl sites for hydroxylation is 1. The Morgan fingerprint density at radius 2 is 1.75 bits per heavy atom. The van der Waals surface area contributed by atoms with Crippen molar-refractivity contribution in [2.45, 2.75) is 78.2 Å². The van der Waals surface area contributed by atoms with Crippen LogP contribution in [0.1, 0.15) is 58.9 Å². The summed E-state index contributed by atoms with van der Waals surface area (Å²) in [7, 11) is 0. The molecule has 3 aliphatic heterocycles. The maximum Gasteiger partial charge on any atom is 0.422 e. The van der Waals surface area contributed by atoms with Gasteiger partial charge in [0, 0.05) is 66.6 Å². The summed E-state index contributed by atoms with van der Waals surface area (Å²) in [5.74, 6) is 0.430. The lowest BCUT2D eigenvalue weighted by Gasteiger charge is -2.53. The number of nitrogens with zero attached hydrogens (tertiary/aromatic N) is 6. The summed E-state index contributed by atoms with van der Waals surface area (Å²) in [5, 5.41) is 8.48. The number of nitrogens with one attached hydrogen (secondary N) is 1. The Labute approximate surface area is 305 Å². The number of rotatable bonds is 7. The number of hydrogen-bond acceptors (Lipinski definition) is 9. The van der Waals surface area contributed by atoms with E-state index in [9.17, 15) is 18.0 Å². The van der Waals surface area contributed by atoms with Crippen LogP contribution < -0.4 is 14.4 Å². The van der Waals surface area contributed by atoms with E-state index in [0.29, 0.717) is 59.4 Å². The van der Waals surface area contributed by atoms with Gasteiger partial charge >= 0.3 is 18.3 Å². The standard InChI is InChI=1S/C37H45ClF3N7O4/c1-6-46-13-9-23(10-14-46)51-33-43-30-24(32(44-33)47-15-11-36(12-16-47)19-48(20-36)34(49)52-35(3,4)5)17-26(38)29(31(30)50-21-37(39,40)41)28-22(2)7-8-27-25(28)18-42-45-27/h7-8,17-18,23H,6,9-16,19-21H2,1-5H3,(H,42,45). The minimum atomic E-state index is -4.62. The normalized spacial score (nSPS) is 18.6. The SMILES string of the molecule is CCN1CCC(Oc2nc(N3CCC4(CC3)CN(C(=O)OC(C)(C)C)C4)c3cc(Cl)c(-c4c(C)ccc5[nH]ncc45)c(OCC(F)(F)F)c3n2)CC1. The lowest BCUT2D eigenvalue weighted by molar-refractivity contribution is -0.153. The van der Waals surface area contributed by atoms with E-state index in [0.717, 1.165) is 50.9 Å². The van der Waals surface area contributed by atoms with Crippen molar-refractivity contribution in [2.75, 3.05) is 57.3 Å². The molecule has 1 N–H and O–H groups in total. The molecule has 3 saturated heterocycles. The molecule has 11 nitrogen and oxygen atoms in total. The lowest BCUT2D eigenvalue weighted by atomic mass is 9.72. The number of amides is 1. The van der Waals surface area contributed by atoms with Gasteiger partial charge in [-0.25, -0.2) is 4.79 Å². The van der Waals surface area contributed by atoms with Crippen molar-refractivity contribution in [3.05, 3.63) is 35.0 Å². The predicted molar refractivity (Wildman–Crippen MR) is 193 cm³/mol. The number of hydrogen-bond donors (Lipinski definition) is 1. The van der Waals surface area contributed by atoms with E-state index in [4.69, 9.17) is 35.8 Å². The number of carbonyl (C=O) groups is 1. The lowest BCUT2D eigenvalue weighted by Crippen LogP contribution is -2.62. The van der Waals surface area contributed by atoms with Crippen molar-refractivity contribution in [3.63, 3.8) is 0 Å². The second kappa shape index (κ2) is 13.7. The zero-order valence-electron chi connectivity index (χ0n) is 30.2. The van der Waals surface area contributed by atoms with Gasteiger partial charge in [-0.3, -0.25) is 5.10 Å². The minimum Gasteiger partial charge on any atom is -0.481 e. The fourth-order valence-corrected chi connectivity index (χ4v) is 7.96. The Morgan fingerprint density at radius 3 is 2.40 bits per heavy atom. The Hall–Kier alpha value is -4.04. The zero-order chi connectivity index (χ0) is 37.0. The highest BCUT2D eigenvalue weighted by Crippen LogP contribution is 2.49. The van der Waals surface area contributed by atoms with Gasteiger partial charge in [-0.2, -0.15) is 28.2 Å². The minimum absolute atomic E-state index is 0.0462. The molecule has 15 heteroatoms. The van der Waals surface area contributed by atoms with Crippen molar-refractivity contribution in [2.24, 2.45) is 5.41 Å². The van der Waals surface area contributed by atoms with Crippen molar-refractivity contribution in [1.29, 1.82) is 0 Å². The first-order chi connectivity index (χ1) is 24.6. The van der Waals surface area contributed by atoms with Gasteiger partial charge in [0.05, 0.1) is 16.7 Å². The van der Waals surface area contributed by atoms with Crippen LogP contribution >= 0.6 is 11.6 Å². The second-order valence-electron chi connectivity index (χ2n) is 15.4. The maximum absolute atomic E-state index is 13.9. The topological polar surface area (TPSA) is 109 Å². The molecule has 5 heterocycles. The van der Waals surface area contributed by atoms with E-state index in [1.807, 2.05) is 39.8 Å². The Balaban J connectivity index is 1.29. The van der Waals surface area contributed by atoms with Crippen LogP contribution in [-0.4, -0.2) is 106 Å². The summed E-state index contributed by atoms with van der Waals surface area (Å²) in [5.41, 5.74) is 1.95. The van der Waals surface area contributed by atoms with Gasteiger partial charge in [0.2, 0.25) is 0 Å². The molecule has 280 valence electrons.